The topological polar surface area (TPSA) is 58.4 Å². The van der Waals surface area contributed by atoms with E-state index in [-0.39, 0.29) is 5.91 Å². The van der Waals surface area contributed by atoms with Gasteiger partial charge in [0.15, 0.2) is 0 Å². The third-order valence-electron chi connectivity index (χ3n) is 3.15. The first-order valence-electron chi connectivity index (χ1n) is 6.00. The highest BCUT2D eigenvalue weighted by atomic mass is 32.1. The Kier molecular flexibility index (Phi) is 3.81. The zero-order valence-corrected chi connectivity index (χ0v) is 11.2. The van der Waals surface area contributed by atoms with Crippen LogP contribution in [0, 0.1) is 6.92 Å². The Morgan fingerprint density at radius 1 is 1.44 bits per heavy atom. The molecule has 2 rings (SSSR count). The Morgan fingerprint density at radius 3 is 2.89 bits per heavy atom. The Labute approximate surface area is 112 Å². The predicted octanol–water partition coefficient (Wildman–Crippen LogP) is 0.956. The molecule has 3 N–H and O–H groups in total. The largest absolute Gasteiger partial charge is 0.389 e. The number of rotatable bonds is 2. The van der Waals surface area contributed by atoms with E-state index in [1.165, 1.54) is 0 Å². The predicted molar refractivity (Wildman–Crippen MR) is 76.9 cm³/mol. The van der Waals surface area contributed by atoms with Gasteiger partial charge in [-0.3, -0.25) is 4.79 Å². The van der Waals surface area contributed by atoms with E-state index >= 15 is 0 Å². The fourth-order valence-corrected chi connectivity index (χ4v) is 2.38. The maximum absolute atomic E-state index is 11.3. The molecule has 0 unspecified atom stereocenters. The van der Waals surface area contributed by atoms with Crippen LogP contribution in [0.2, 0.25) is 0 Å². The fourth-order valence-electron chi connectivity index (χ4n) is 2.15. The first-order chi connectivity index (χ1) is 8.58. The number of nitrogens with zero attached hydrogens (tertiary/aromatic N) is 1. The number of benzene rings is 1. The number of hydrogen-bond donors (Lipinski definition) is 2. The van der Waals surface area contributed by atoms with Crippen molar-refractivity contribution in [2.24, 2.45) is 5.73 Å². The Bertz CT molecular complexity index is 487. The minimum atomic E-state index is 0.119. The number of nitrogens with one attached hydrogen (secondary N) is 1. The van der Waals surface area contributed by atoms with Crippen molar-refractivity contribution in [2.45, 2.75) is 13.3 Å². The number of carbonyl (C=O) groups excluding carboxylic acids is 1. The van der Waals surface area contributed by atoms with Crippen LogP contribution in [0.15, 0.2) is 18.2 Å². The van der Waals surface area contributed by atoms with Crippen LogP contribution in [0.3, 0.4) is 0 Å². The Balaban J connectivity index is 2.20. The molecule has 0 atom stereocenters. The van der Waals surface area contributed by atoms with Crippen LogP contribution in [0.4, 0.5) is 5.69 Å². The first-order valence-corrected chi connectivity index (χ1v) is 6.41. The molecule has 0 spiro atoms. The zero-order chi connectivity index (χ0) is 13.1. The van der Waals surface area contributed by atoms with Gasteiger partial charge >= 0.3 is 0 Å². The van der Waals surface area contributed by atoms with Crippen LogP contribution in [0.5, 0.6) is 0 Å². The van der Waals surface area contributed by atoms with Gasteiger partial charge in [-0.2, -0.15) is 0 Å². The molecule has 4 nitrogen and oxygen atoms in total. The molecule has 0 aromatic heterocycles. The third kappa shape index (κ3) is 2.79. The quantitative estimate of drug-likeness (QED) is 0.780. The molecule has 1 heterocycles. The van der Waals surface area contributed by atoms with Crippen molar-refractivity contribution in [3.8, 4) is 0 Å². The highest BCUT2D eigenvalue weighted by Crippen LogP contribution is 2.20. The molecule has 0 radical (unpaired) electrons. The van der Waals surface area contributed by atoms with Gasteiger partial charge in [-0.1, -0.05) is 12.2 Å². The summed E-state index contributed by atoms with van der Waals surface area (Å²) < 4.78 is 0. The second-order valence-electron chi connectivity index (χ2n) is 4.45. The smallest absolute Gasteiger partial charge is 0.221 e. The molecule has 1 saturated heterocycles. The summed E-state index contributed by atoms with van der Waals surface area (Å²) >= 11 is 5.00. The molecular weight excluding hydrogens is 246 g/mol. The summed E-state index contributed by atoms with van der Waals surface area (Å²) in [5, 5.41) is 2.87. The van der Waals surface area contributed by atoms with Gasteiger partial charge < -0.3 is 16.0 Å². The number of hydrogen-bond acceptors (Lipinski definition) is 3. The van der Waals surface area contributed by atoms with Crippen LogP contribution in [-0.2, 0) is 4.79 Å². The van der Waals surface area contributed by atoms with Gasteiger partial charge in [0.25, 0.3) is 0 Å². The highest BCUT2D eigenvalue weighted by molar-refractivity contribution is 7.80. The van der Waals surface area contributed by atoms with E-state index < -0.39 is 0 Å². The fraction of sp³-hybridized carbons (Fsp3) is 0.385. The van der Waals surface area contributed by atoms with Crippen molar-refractivity contribution in [1.29, 1.82) is 0 Å². The lowest BCUT2D eigenvalue weighted by molar-refractivity contribution is -0.120. The van der Waals surface area contributed by atoms with Crippen molar-refractivity contribution in [3.05, 3.63) is 29.3 Å². The van der Waals surface area contributed by atoms with Crippen LogP contribution >= 0.6 is 12.2 Å². The Morgan fingerprint density at radius 2 is 2.22 bits per heavy atom. The van der Waals surface area contributed by atoms with E-state index in [4.69, 9.17) is 18.0 Å². The minimum Gasteiger partial charge on any atom is -0.389 e. The number of aryl methyl sites for hydroxylation is 1. The van der Waals surface area contributed by atoms with E-state index in [1.807, 2.05) is 19.1 Å². The van der Waals surface area contributed by atoms with Crippen molar-refractivity contribution in [1.82, 2.24) is 5.32 Å². The number of amides is 1. The van der Waals surface area contributed by atoms with Gasteiger partial charge in [0, 0.05) is 37.3 Å². The molecular formula is C13H17N3OS. The van der Waals surface area contributed by atoms with Gasteiger partial charge in [0.1, 0.15) is 4.99 Å². The van der Waals surface area contributed by atoms with Crippen molar-refractivity contribution in [2.75, 3.05) is 24.5 Å². The van der Waals surface area contributed by atoms with Gasteiger partial charge in [0.2, 0.25) is 5.91 Å². The van der Waals surface area contributed by atoms with Gasteiger partial charge in [-0.05, 0) is 30.7 Å². The zero-order valence-electron chi connectivity index (χ0n) is 10.4. The molecule has 5 heteroatoms. The summed E-state index contributed by atoms with van der Waals surface area (Å²) in [7, 11) is 0. The lowest BCUT2D eigenvalue weighted by Crippen LogP contribution is -2.28. The van der Waals surface area contributed by atoms with Crippen LogP contribution < -0.4 is 16.0 Å². The summed E-state index contributed by atoms with van der Waals surface area (Å²) in [6, 6.07) is 6.04. The highest BCUT2D eigenvalue weighted by Gasteiger charge is 2.14. The Hall–Kier alpha value is -1.62. The van der Waals surface area contributed by atoms with Gasteiger partial charge in [-0.15, -0.1) is 0 Å². The summed E-state index contributed by atoms with van der Waals surface area (Å²) in [5.74, 6) is 0.119. The van der Waals surface area contributed by atoms with Gasteiger partial charge in [0.05, 0.1) is 0 Å². The average Bonchev–Trinajstić information content (AvgIpc) is 2.53. The lowest BCUT2D eigenvalue weighted by atomic mass is 10.1. The normalized spacial score (nSPS) is 16.1. The van der Waals surface area contributed by atoms with Crippen LogP contribution in [-0.4, -0.2) is 30.5 Å². The van der Waals surface area contributed by atoms with E-state index in [0.717, 1.165) is 29.9 Å². The number of thiocarbonyl (C=S) groups is 1. The van der Waals surface area contributed by atoms with Gasteiger partial charge in [-0.25, -0.2) is 0 Å². The minimum absolute atomic E-state index is 0.119. The molecule has 1 aromatic carbocycles. The monoisotopic (exact) mass is 263 g/mol. The standard InChI is InChI=1S/C13H17N3OS/c1-9-8-10(2-3-11(9)13(14)18)16-6-4-12(17)15-5-7-16/h2-3,8H,4-7H2,1H3,(H2,14,18)(H,15,17). The molecule has 1 aliphatic rings. The van der Waals surface area contributed by atoms with E-state index in [0.29, 0.717) is 18.0 Å². The molecule has 0 saturated carbocycles. The molecule has 0 aliphatic carbocycles. The number of carbonyl (C=O) groups is 1. The molecule has 1 fully saturated rings. The molecule has 18 heavy (non-hydrogen) atoms. The molecule has 96 valence electrons. The average molecular weight is 263 g/mol. The number of nitrogens with two attached hydrogens (primary N) is 1. The lowest BCUT2D eigenvalue weighted by Gasteiger charge is -2.22. The van der Waals surface area contributed by atoms with Crippen molar-refractivity contribution < 1.29 is 4.79 Å². The van der Waals surface area contributed by atoms with Crippen LogP contribution in [0.25, 0.3) is 0 Å². The second-order valence-corrected chi connectivity index (χ2v) is 4.89. The molecule has 1 aliphatic heterocycles. The van der Waals surface area contributed by atoms with Crippen molar-refractivity contribution >= 4 is 28.8 Å². The second kappa shape index (κ2) is 5.35. The van der Waals surface area contributed by atoms with E-state index in [9.17, 15) is 4.79 Å². The molecule has 1 amide bonds. The van der Waals surface area contributed by atoms with Crippen molar-refractivity contribution in [3.63, 3.8) is 0 Å². The van der Waals surface area contributed by atoms with E-state index in [1.54, 1.807) is 0 Å². The first kappa shape index (κ1) is 12.8. The maximum Gasteiger partial charge on any atom is 0.221 e. The summed E-state index contributed by atoms with van der Waals surface area (Å²) in [4.78, 5) is 13.9. The maximum atomic E-state index is 11.3. The SMILES string of the molecule is Cc1cc(N2CCNC(=O)CC2)ccc1C(N)=S. The summed E-state index contributed by atoms with van der Waals surface area (Å²) in [5.41, 5.74) is 8.75. The van der Waals surface area contributed by atoms with Crippen LogP contribution in [0.1, 0.15) is 17.5 Å². The van der Waals surface area contributed by atoms with E-state index in [2.05, 4.69) is 16.3 Å². The summed E-state index contributed by atoms with van der Waals surface area (Å²) in [6.07, 6.45) is 0.538. The molecule has 1 aromatic rings. The summed E-state index contributed by atoms with van der Waals surface area (Å²) in [6.45, 7) is 4.27. The molecule has 0 bridgehead atoms. The third-order valence-corrected chi connectivity index (χ3v) is 3.37. The number of anilines is 1.